The van der Waals surface area contributed by atoms with Gasteiger partial charge in [-0.1, -0.05) is 4.49 Å². The Balaban J connectivity index is 2.33. The van der Waals surface area contributed by atoms with Gasteiger partial charge in [-0.3, -0.25) is 20.8 Å². The van der Waals surface area contributed by atoms with Crippen molar-refractivity contribution in [3.05, 3.63) is 40.1 Å². The lowest BCUT2D eigenvalue weighted by molar-refractivity contribution is -0.384. The van der Waals surface area contributed by atoms with Crippen LogP contribution in [0.2, 0.25) is 0 Å². The molecular formula is C9H8N6O3S. The highest BCUT2D eigenvalue weighted by Crippen LogP contribution is 2.23. The number of anilines is 2. The molecule has 10 heteroatoms. The summed E-state index contributed by atoms with van der Waals surface area (Å²) >= 11 is 0.991. The first-order chi connectivity index (χ1) is 9.11. The van der Waals surface area contributed by atoms with E-state index in [1.54, 1.807) is 0 Å². The number of hydrazine groups is 1. The summed E-state index contributed by atoms with van der Waals surface area (Å²) < 4.78 is 3.59. The zero-order valence-corrected chi connectivity index (χ0v) is 10.2. The SMILES string of the molecule is NNc1ccc([N+](=O)[O-])cc1C(=O)Nc1cnns1. The van der Waals surface area contributed by atoms with Crippen molar-refractivity contribution in [2.75, 3.05) is 10.7 Å². The summed E-state index contributed by atoms with van der Waals surface area (Å²) in [5.41, 5.74) is 2.45. The molecule has 1 aromatic heterocycles. The lowest BCUT2D eigenvalue weighted by Gasteiger charge is -2.07. The summed E-state index contributed by atoms with van der Waals surface area (Å²) in [5, 5.41) is 17.2. The molecule has 0 spiro atoms. The zero-order valence-electron chi connectivity index (χ0n) is 9.36. The van der Waals surface area contributed by atoms with Crippen molar-refractivity contribution >= 4 is 33.8 Å². The number of hydrogen-bond acceptors (Lipinski definition) is 8. The van der Waals surface area contributed by atoms with Crippen LogP contribution < -0.4 is 16.6 Å². The summed E-state index contributed by atoms with van der Waals surface area (Å²) in [6, 6.07) is 3.75. The number of carbonyl (C=O) groups is 1. The number of nitro benzene ring substituents is 1. The van der Waals surface area contributed by atoms with Gasteiger partial charge in [-0.2, -0.15) is 0 Å². The number of carbonyl (C=O) groups excluding carboxylic acids is 1. The molecule has 1 amide bonds. The van der Waals surface area contributed by atoms with Gasteiger partial charge in [0.15, 0.2) is 0 Å². The maximum Gasteiger partial charge on any atom is 0.270 e. The Hall–Kier alpha value is -2.59. The lowest BCUT2D eigenvalue weighted by atomic mass is 10.1. The van der Waals surface area contributed by atoms with Gasteiger partial charge in [0.2, 0.25) is 0 Å². The highest BCUT2D eigenvalue weighted by Gasteiger charge is 2.17. The van der Waals surface area contributed by atoms with Crippen LogP contribution in [0, 0.1) is 10.1 Å². The summed E-state index contributed by atoms with van der Waals surface area (Å²) in [7, 11) is 0. The molecule has 0 atom stereocenters. The van der Waals surface area contributed by atoms with E-state index in [-0.39, 0.29) is 16.9 Å². The number of aromatic nitrogens is 2. The number of benzene rings is 1. The fourth-order valence-electron chi connectivity index (χ4n) is 1.36. The molecule has 4 N–H and O–H groups in total. The molecule has 0 radical (unpaired) electrons. The van der Waals surface area contributed by atoms with Crippen LogP contribution in [0.5, 0.6) is 0 Å². The van der Waals surface area contributed by atoms with Crippen molar-refractivity contribution in [2.45, 2.75) is 0 Å². The van der Waals surface area contributed by atoms with E-state index in [2.05, 4.69) is 20.3 Å². The molecule has 0 saturated heterocycles. The highest BCUT2D eigenvalue weighted by molar-refractivity contribution is 7.10. The molecule has 1 heterocycles. The van der Waals surface area contributed by atoms with Gasteiger partial charge in [0, 0.05) is 23.7 Å². The van der Waals surface area contributed by atoms with Gasteiger partial charge < -0.3 is 10.7 Å². The first-order valence-corrected chi connectivity index (χ1v) is 5.73. The number of rotatable bonds is 4. The standard InChI is InChI=1S/C9H8N6O3S/c10-13-7-2-1-5(15(17)18)3-6(7)9(16)12-8-4-11-14-19-8/h1-4,13H,10H2,(H,12,16). The van der Waals surface area contributed by atoms with Crippen LogP contribution in [0.15, 0.2) is 24.4 Å². The largest absolute Gasteiger partial charge is 0.323 e. The van der Waals surface area contributed by atoms with Crippen molar-refractivity contribution in [3.63, 3.8) is 0 Å². The minimum Gasteiger partial charge on any atom is -0.323 e. The second-order valence-corrected chi connectivity index (χ2v) is 4.15. The number of non-ortho nitro benzene ring substituents is 1. The van der Waals surface area contributed by atoms with E-state index < -0.39 is 10.8 Å². The van der Waals surface area contributed by atoms with Crippen LogP contribution in [-0.4, -0.2) is 20.4 Å². The summed E-state index contributed by atoms with van der Waals surface area (Å²) in [6.07, 6.45) is 1.37. The average Bonchev–Trinajstić information content (AvgIpc) is 2.90. The first-order valence-electron chi connectivity index (χ1n) is 4.95. The fraction of sp³-hybridized carbons (Fsp3) is 0. The Morgan fingerprint density at radius 2 is 2.26 bits per heavy atom. The molecule has 0 fully saturated rings. The Morgan fingerprint density at radius 1 is 1.47 bits per heavy atom. The van der Waals surface area contributed by atoms with Crippen LogP contribution in [0.4, 0.5) is 16.4 Å². The Labute approximate surface area is 110 Å². The Morgan fingerprint density at radius 3 is 2.84 bits per heavy atom. The van der Waals surface area contributed by atoms with Crippen molar-refractivity contribution in [1.29, 1.82) is 0 Å². The van der Waals surface area contributed by atoms with Crippen molar-refractivity contribution in [1.82, 2.24) is 9.59 Å². The molecule has 0 aliphatic heterocycles. The predicted octanol–water partition coefficient (Wildman–Crippen LogP) is 0.984. The van der Waals surface area contributed by atoms with Crippen LogP contribution >= 0.6 is 11.5 Å². The van der Waals surface area contributed by atoms with Gasteiger partial charge in [-0.25, -0.2) is 0 Å². The Kier molecular flexibility index (Phi) is 3.63. The van der Waals surface area contributed by atoms with Crippen molar-refractivity contribution < 1.29 is 9.72 Å². The molecule has 0 unspecified atom stereocenters. The molecule has 0 aliphatic carbocycles. The van der Waals surface area contributed by atoms with E-state index in [0.29, 0.717) is 5.00 Å². The van der Waals surface area contributed by atoms with E-state index in [1.165, 1.54) is 18.3 Å². The zero-order chi connectivity index (χ0) is 13.8. The van der Waals surface area contributed by atoms with Crippen LogP contribution in [0.3, 0.4) is 0 Å². The van der Waals surface area contributed by atoms with Crippen LogP contribution in [-0.2, 0) is 0 Å². The maximum absolute atomic E-state index is 12.0. The van der Waals surface area contributed by atoms with Gasteiger partial charge in [0.25, 0.3) is 11.6 Å². The number of hydrogen-bond donors (Lipinski definition) is 3. The van der Waals surface area contributed by atoms with Gasteiger partial charge in [0.1, 0.15) is 5.00 Å². The number of nitrogens with one attached hydrogen (secondary N) is 2. The number of nitrogen functional groups attached to an aromatic ring is 1. The number of nitrogens with zero attached hydrogens (tertiary/aromatic N) is 3. The lowest BCUT2D eigenvalue weighted by Crippen LogP contribution is -2.17. The first kappa shape index (κ1) is 12.9. The topological polar surface area (TPSA) is 136 Å². The third-order valence-electron chi connectivity index (χ3n) is 2.21. The van der Waals surface area contributed by atoms with Crippen LogP contribution in [0.1, 0.15) is 10.4 Å². The molecule has 0 saturated carbocycles. The number of nitrogens with two attached hydrogens (primary N) is 1. The fourth-order valence-corrected chi connectivity index (χ4v) is 1.78. The third kappa shape index (κ3) is 2.81. The van der Waals surface area contributed by atoms with Gasteiger partial charge in [-0.15, -0.1) is 5.10 Å². The number of nitro groups is 1. The van der Waals surface area contributed by atoms with E-state index in [9.17, 15) is 14.9 Å². The smallest absolute Gasteiger partial charge is 0.270 e. The number of amides is 1. The second kappa shape index (κ2) is 5.37. The van der Waals surface area contributed by atoms with E-state index >= 15 is 0 Å². The molecule has 9 nitrogen and oxygen atoms in total. The normalized spacial score (nSPS) is 9.95. The summed E-state index contributed by atoms with van der Waals surface area (Å²) in [4.78, 5) is 22.1. The van der Waals surface area contributed by atoms with Gasteiger partial charge in [0.05, 0.1) is 22.4 Å². The van der Waals surface area contributed by atoms with Crippen molar-refractivity contribution in [2.24, 2.45) is 5.84 Å². The highest BCUT2D eigenvalue weighted by atomic mass is 32.1. The van der Waals surface area contributed by atoms with Gasteiger partial charge in [-0.05, 0) is 6.07 Å². The molecule has 2 aromatic rings. The second-order valence-electron chi connectivity index (χ2n) is 3.37. The minimum absolute atomic E-state index is 0.0603. The quantitative estimate of drug-likeness (QED) is 0.431. The molecule has 2 rings (SSSR count). The molecule has 1 aromatic carbocycles. The van der Waals surface area contributed by atoms with Crippen LogP contribution in [0.25, 0.3) is 0 Å². The summed E-state index contributed by atoms with van der Waals surface area (Å²) in [5.74, 6) is 4.73. The van der Waals surface area contributed by atoms with E-state index in [4.69, 9.17) is 5.84 Å². The maximum atomic E-state index is 12.0. The molecule has 19 heavy (non-hydrogen) atoms. The molecule has 0 aliphatic rings. The molecular weight excluding hydrogens is 272 g/mol. The molecule has 0 bridgehead atoms. The summed E-state index contributed by atoms with van der Waals surface area (Å²) in [6.45, 7) is 0. The van der Waals surface area contributed by atoms with E-state index in [1.807, 2.05) is 0 Å². The monoisotopic (exact) mass is 280 g/mol. The van der Waals surface area contributed by atoms with Crippen molar-refractivity contribution in [3.8, 4) is 0 Å². The van der Waals surface area contributed by atoms with Gasteiger partial charge >= 0.3 is 0 Å². The van der Waals surface area contributed by atoms with E-state index in [0.717, 1.165) is 17.6 Å². The molecule has 98 valence electrons. The third-order valence-corrected chi connectivity index (χ3v) is 2.79. The Bertz CT molecular complexity index is 614. The average molecular weight is 280 g/mol. The minimum atomic E-state index is -0.592. The predicted molar refractivity (Wildman–Crippen MR) is 68.8 cm³/mol.